The molecule has 0 atom stereocenters. The smallest absolute Gasteiger partial charge is 0.308 e. The van der Waals surface area contributed by atoms with Gasteiger partial charge in [-0.2, -0.15) is 9.50 Å². The number of hydrogen-bond donors (Lipinski definition) is 1. The van der Waals surface area contributed by atoms with Crippen LogP contribution in [0.1, 0.15) is 12.5 Å². The fourth-order valence-corrected chi connectivity index (χ4v) is 5.43. The molecule has 0 saturated heterocycles. The highest BCUT2D eigenvalue weighted by atomic mass is 32.1. The zero-order chi connectivity index (χ0) is 28.0. The van der Waals surface area contributed by atoms with Crippen LogP contribution in [0.2, 0.25) is 0 Å². The largest absolute Gasteiger partial charge is 0.426 e. The molecule has 198 valence electrons. The second kappa shape index (κ2) is 9.82. The van der Waals surface area contributed by atoms with E-state index in [1.165, 1.54) is 36.1 Å². The van der Waals surface area contributed by atoms with E-state index in [4.69, 9.17) is 4.74 Å². The molecule has 2 aromatic heterocycles. The maximum Gasteiger partial charge on any atom is 0.308 e. The van der Waals surface area contributed by atoms with E-state index < -0.39 is 29.2 Å². The van der Waals surface area contributed by atoms with Gasteiger partial charge < -0.3 is 10.1 Å². The van der Waals surface area contributed by atoms with Gasteiger partial charge in [0.2, 0.25) is 10.9 Å². The number of carbonyl (C=O) groups is 3. The molecule has 1 N–H and O–H groups in total. The number of benzene rings is 3. The second-order valence-electron chi connectivity index (χ2n) is 8.79. The number of nitrogens with one attached hydrogen (secondary N) is 1. The topological polar surface area (TPSA) is 123 Å². The summed E-state index contributed by atoms with van der Waals surface area (Å²) in [6.07, 6.45) is 0. The first-order chi connectivity index (χ1) is 19.3. The summed E-state index contributed by atoms with van der Waals surface area (Å²) < 4.78 is 19.7. The number of aromatic nitrogens is 3. The van der Waals surface area contributed by atoms with Crippen molar-refractivity contribution in [2.45, 2.75) is 6.92 Å². The number of amides is 2. The Balaban J connectivity index is 1.38. The van der Waals surface area contributed by atoms with Crippen LogP contribution in [0.25, 0.3) is 21.9 Å². The van der Waals surface area contributed by atoms with Gasteiger partial charge in [0.05, 0.1) is 16.8 Å². The summed E-state index contributed by atoms with van der Waals surface area (Å²) in [5, 5.41) is 6.97. The third-order valence-electron chi connectivity index (χ3n) is 6.12. The summed E-state index contributed by atoms with van der Waals surface area (Å²) in [5.74, 6) is -1.51. The molecule has 0 saturated carbocycles. The zero-order valence-corrected chi connectivity index (χ0v) is 21.6. The van der Waals surface area contributed by atoms with Crippen molar-refractivity contribution >= 4 is 51.0 Å². The number of ether oxygens (including phenoxy) is 1. The molecule has 3 aromatic carbocycles. The number of nitrogens with zero attached hydrogens (tertiary/aromatic N) is 4. The first kappa shape index (κ1) is 25.1. The third-order valence-corrected chi connectivity index (χ3v) is 7.15. The SMILES string of the molecule is CC(=O)Oc1ccccc1-c1nc2sc(=C3C(=O)N(CC(=O)Nc4ccc(F)cc4)c4ccccc43)c(=O)n2n1. The number of carbonyl (C=O) groups excluding carboxylic acids is 3. The lowest BCUT2D eigenvalue weighted by Crippen LogP contribution is -2.37. The van der Waals surface area contributed by atoms with Gasteiger partial charge in [-0.05, 0) is 42.5 Å². The van der Waals surface area contributed by atoms with Crippen molar-refractivity contribution in [3.63, 3.8) is 0 Å². The van der Waals surface area contributed by atoms with Gasteiger partial charge >= 0.3 is 5.97 Å². The van der Waals surface area contributed by atoms with Crippen molar-refractivity contribution in [3.05, 3.63) is 99.1 Å². The Morgan fingerprint density at radius 1 is 0.975 bits per heavy atom. The monoisotopic (exact) mass is 555 g/mol. The molecule has 0 fully saturated rings. The number of fused-ring (bicyclic) bond motifs is 2. The molecule has 12 heteroatoms. The van der Waals surface area contributed by atoms with Crippen LogP contribution in [-0.2, 0) is 14.4 Å². The van der Waals surface area contributed by atoms with Crippen molar-refractivity contribution in [1.82, 2.24) is 14.6 Å². The summed E-state index contributed by atoms with van der Waals surface area (Å²) in [5.41, 5.74) is 1.40. The van der Waals surface area contributed by atoms with Gasteiger partial charge in [0.1, 0.15) is 22.6 Å². The molecule has 0 aliphatic carbocycles. The summed E-state index contributed by atoms with van der Waals surface area (Å²) in [4.78, 5) is 57.3. The molecule has 0 unspecified atom stereocenters. The van der Waals surface area contributed by atoms with E-state index in [1.807, 2.05) is 0 Å². The highest BCUT2D eigenvalue weighted by molar-refractivity contribution is 7.15. The quantitative estimate of drug-likeness (QED) is 0.261. The molecule has 6 rings (SSSR count). The van der Waals surface area contributed by atoms with Crippen molar-refractivity contribution in [2.75, 3.05) is 16.8 Å². The fourth-order valence-electron chi connectivity index (χ4n) is 4.43. The standard InChI is InChI=1S/C28H18FN5O5S/c1-15(35)39-21-9-5-3-7-19(21)25-31-28-34(32-25)27(38)24(40-28)23-18-6-2-4-8-20(18)33(26(23)37)14-22(36)30-17-12-10-16(29)11-13-17/h2-13H,14H2,1H3,(H,30,36). The highest BCUT2D eigenvalue weighted by Crippen LogP contribution is 2.35. The van der Waals surface area contributed by atoms with E-state index in [-0.39, 0.29) is 33.2 Å². The Morgan fingerprint density at radius 3 is 2.40 bits per heavy atom. The molecule has 1 aliphatic heterocycles. The van der Waals surface area contributed by atoms with Crippen molar-refractivity contribution in [2.24, 2.45) is 0 Å². The van der Waals surface area contributed by atoms with E-state index in [1.54, 1.807) is 48.5 Å². The van der Waals surface area contributed by atoms with Gasteiger partial charge in [0.25, 0.3) is 11.5 Å². The molecule has 1 aliphatic rings. The molecule has 0 spiro atoms. The molecule has 2 amide bonds. The summed E-state index contributed by atoms with van der Waals surface area (Å²) in [7, 11) is 0. The number of thiazole rings is 1. The molecule has 0 radical (unpaired) electrons. The van der Waals surface area contributed by atoms with Crippen LogP contribution in [0.3, 0.4) is 0 Å². The molecule has 40 heavy (non-hydrogen) atoms. The van der Waals surface area contributed by atoms with Gasteiger partial charge in [-0.3, -0.25) is 24.1 Å². The van der Waals surface area contributed by atoms with Crippen molar-refractivity contribution in [1.29, 1.82) is 0 Å². The van der Waals surface area contributed by atoms with E-state index in [0.717, 1.165) is 15.9 Å². The number of hydrogen-bond acceptors (Lipinski definition) is 8. The number of esters is 1. The summed E-state index contributed by atoms with van der Waals surface area (Å²) in [6, 6.07) is 18.8. The van der Waals surface area contributed by atoms with Crippen LogP contribution in [-0.4, -0.2) is 38.9 Å². The van der Waals surface area contributed by atoms with Crippen LogP contribution in [0, 0.1) is 5.82 Å². The normalized spacial score (nSPS) is 13.9. The number of para-hydroxylation sites is 2. The molecular formula is C28H18FN5O5S. The first-order valence-electron chi connectivity index (χ1n) is 12.0. The van der Waals surface area contributed by atoms with Crippen LogP contribution in [0.15, 0.2) is 77.6 Å². The van der Waals surface area contributed by atoms with Gasteiger partial charge in [0.15, 0.2) is 5.82 Å². The van der Waals surface area contributed by atoms with Gasteiger partial charge in [-0.25, -0.2) is 4.39 Å². The van der Waals surface area contributed by atoms with Crippen LogP contribution in [0.4, 0.5) is 15.8 Å². The molecule has 0 bridgehead atoms. The van der Waals surface area contributed by atoms with Crippen LogP contribution in [0.5, 0.6) is 5.75 Å². The van der Waals surface area contributed by atoms with E-state index in [0.29, 0.717) is 22.5 Å². The lowest BCUT2D eigenvalue weighted by molar-refractivity contribution is -0.131. The van der Waals surface area contributed by atoms with Gasteiger partial charge in [-0.1, -0.05) is 41.7 Å². The maximum atomic E-state index is 13.6. The minimum absolute atomic E-state index is 0.133. The fraction of sp³-hybridized carbons (Fsp3) is 0.0714. The van der Waals surface area contributed by atoms with Crippen molar-refractivity contribution in [3.8, 4) is 17.1 Å². The average Bonchev–Trinajstić information content (AvgIpc) is 3.56. The Labute approximate surface area is 228 Å². The van der Waals surface area contributed by atoms with E-state index >= 15 is 0 Å². The summed E-state index contributed by atoms with van der Waals surface area (Å²) in [6.45, 7) is 0.962. The van der Waals surface area contributed by atoms with Gasteiger partial charge in [0, 0.05) is 18.2 Å². The van der Waals surface area contributed by atoms with E-state index in [2.05, 4.69) is 15.4 Å². The Hall–Kier alpha value is -5.23. The number of rotatable bonds is 5. The van der Waals surface area contributed by atoms with Crippen molar-refractivity contribution < 1.29 is 23.5 Å². The minimum atomic E-state index is -0.542. The molecule has 3 heterocycles. The predicted molar refractivity (Wildman–Crippen MR) is 145 cm³/mol. The Kier molecular flexibility index (Phi) is 6.15. The van der Waals surface area contributed by atoms with Gasteiger partial charge in [-0.15, -0.1) is 5.10 Å². The number of halogens is 1. The highest BCUT2D eigenvalue weighted by Gasteiger charge is 2.35. The van der Waals surface area contributed by atoms with E-state index in [9.17, 15) is 23.6 Å². The number of anilines is 2. The predicted octanol–water partition coefficient (Wildman–Crippen LogP) is 2.79. The lowest BCUT2D eigenvalue weighted by atomic mass is 10.1. The molecule has 5 aromatic rings. The Bertz CT molecular complexity index is 1950. The molecule has 10 nitrogen and oxygen atoms in total. The Morgan fingerprint density at radius 2 is 1.68 bits per heavy atom. The summed E-state index contributed by atoms with van der Waals surface area (Å²) >= 11 is 0.997. The minimum Gasteiger partial charge on any atom is -0.426 e. The molecular weight excluding hydrogens is 537 g/mol. The first-order valence-corrected chi connectivity index (χ1v) is 12.8. The maximum absolute atomic E-state index is 13.6. The van der Waals surface area contributed by atoms with Crippen LogP contribution < -0.4 is 25.0 Å². The third kappa shape index (κ3) is 4.39. The second-order valence-corrected chi connectivity index (χ2v) is 9.77. The van der Waals surface area contributed by atoms with Crippen LogP contribution >= 0.6 is 11.3 Å². The lowest BCUT2D eigenvalue weighted by Gasteiger charge is -2.16. The average molecular weight is 556 g/mol. The zero-order valence-electron chi connectivity index (χ0n) is 20.8.